The molecule has 0 saturated carbocycles. The summed E-state index contributed by atoms with van der Waals surface area (Å²) in [5, 5.41) is 12.0. The summed E-state index contributed by atoms with van der Waals surface area (Å²) in [6.07, 6.45) is 0. The van der Waals surface area contributed by atoms with Crippen molar-refractivity contribution >= 4 is 39.7 Å². The van der Waals surface area contributed by atoms with Gasteiger partial charge in [0.25, 0.3) is 5.91 Å². The van der Waals surface area contributed by atoms with Crippen molar-refractivity contribution in [1.82, 2.24) is 10.6 Å². The highest BCUT2D eigenvalue weighted by atomic mass is 32.1. The van der Waals surface area contributed by atoms with Crippen LogP contribution in [0.25, 0.3) is 10.8 Å². The minimum Gasteiger partial charge on any atom is -0.496 e. The molecule has 152 valence electrons. The number of methoxy groups -OCH3 is 1. The summed E-state index contributed by atoms with van der Waals surface area (Å²) in [7, 11) is 1.64. The van der Waals surface area contributed by atoms with E-state index >= 15 is 0 Å². The monoisotopic (exact) mass is 417 g/mol. The molecule has 1 aliphatic rings. The minimum atomic E-state index is -0.455. The standard InChI is InChI=1S/C24H23N3O2S/c1-14-8-4-7-11-18(14)26-23(28)20-15(2)25-24(30)27-22(20)21-17-10-6-5-9-16(17)12-13-19(21)29-3/h4-13,22H,1-3H3,(H,26,28)(H2,25,27,30)/t22-/m1/s1. The fourth-order valence-electron chi connectivity index (χ4n) is 3.87. The first-order chi connectivity index (χ1) is 14.5. The van der Waals surface area contributed by atoms with Crippen molar-refractivity contribution in [3.8, 4) is 5.75 Å². The van der Waals surface area contributed by atoms with Crippen molar-refractivity contribution in [3.05, 3.63) is 83.1 Å². The second kappa shape index (κ2) is 8.16. The lowest BCUT2D eigenvalue weighted by Crippen LogP contribution is -2.46. The van der Waals surface area contributed by atoms with Gasteiger partial charge in [-0.1, -0.05) is 48.5 Å². The average Bonchev–Trinajstić information content (AvgIpc) is 2.73. The number of allylic oxidation sites excluding steroid dienone is 1. The van der Waals surface area contributed by atoms with Crippen LogP contribution >= 0.6 is 12.2 Å². The van der Waals surface area contributed by atoms with Crippen LogP contribution < -0.4 is 20.7 Å². The van der Waals surface area contributed by atoms with Gasteiger partial charge in [-0.3, -0.25) is 4.79 Å². The fourth-order valence-corrected chi connectivity index (χ4v) is 4.14. The summed E-state index contributed by atoms with van der Waals surface area (Å²) >= 11 is 5.42. The van der Waals surface area contributed by atoms with Crippen LogP contribution in [0.5, 0.6) is 5.75 Å². The molecule has 5 nitrogen and oxygen atoms in total. The van der Waals surface area contributed by atoms with Crippen LogP contribution in [0, 0.1) is 6.92 Å². The van der Waals surface area contributed by atoms with E-state index in [-0.39, 0.29) is 5.91 Å². The summed E-state index contributed by atoms with van der Waals surface area (Å²) in [5.74, 6) is 0.508. The number of nitrogens with one attached hydrogen (secondary N) is 3. The van der Waals surface area contributed by atoms with Crippen molar-refractivity contribution in [3.63, 3.8) is 0 Å². The van der Waals surface area contributed by atoms with E-state index < -0.39 is 6.04 Å². The predicted octanol–water partition coefficient (Wildman–Crippen LogP) is 4.59. The lowest BCUT2D eigenvalue weighted by Gasteiger charge is -2.32. The van der Waals surface area contributed by atoms with Crippen molar-refractivity contribution in [1.29, 1.82) is 0 Å². The Balaban J connectivity index is 1.85. The molecule has 0 unspecified atom stereocenters. The Morgan fingerprint density at radius 1 is 1.03 bits per heavy atom. The van der Waals surface area contributed by atoms with E-state index in [4.69, 9.17) is 17.0 Å². The summed E-state index contributed by atoms with van der Waals surface area (Å²) < 4.78 is 5.68. The lowest BCUT2D eigenvalue weighted by atomic mass is 9.90. The van der Waals surface area contributed by atoms with Crippen molar-refractivity contribution < 1.29 is 9.53 Å². The van der Waals surface area contributed by atoms with E-state index in [1.165, 1.54) is 0 Å². The highest BCUT2D eigenvalue weighted by molar-refractivity contribution is 7.80. The number of ether oxygens (including phenoxy) is 1. The number of hydrogen-bond donors (Lipinski definition) is 3. The molecule has 0 aromatic heterocycles. The van der Waals surface area contributed by atoms with E-state index in [1.807, 2.05) is 74.5 Å². The molecule has 0 spiro atoms. The number of benzene rings is 3. The Labute approximate surface area is 181 Å². The highest BCUT2D eigenvalue weighted by Crippen LogP contribution is 2.38. The molecule has 0 saturated heterocycles. The zero-order valence-corrected chi connectivity index (χ0v) is 17.9. The molecule has 0 radical (unpaired) electrons. The molecule has 1 amide bonds. The average molecular weight is 418 g/mol. The van der Waals surface area contributed by atoms with E-state index in [0.29, 0.717) is 22.1 Å². The van der Waals surface area contributed by atoms with E-state index in [9.17, 15) is 4.79 Å². The molecule has 4 rings (SSSR count). The molecule has 3 N–H and O–H groups in total. The number of aryl methyl sites for hydroxylation is 1. The topological polar surface area (TPSA) is 62.4 Å². The molecule has 0 aliphatic carbocycles. The summed E-state index contributed by atoms with van der Waals surface area (Å²) in [4.78, 5) is 13.4. The number of amides is 1. The molecule has 1 atom stereocenters. The lowest BCUT2D eigenvalue weighted by molar-refractivity contribution is -0.113. The zero-order chi connectivity index (χ0) is 21.3. The van der Waals surface area contributed by atoms with Gasteiger partial charge in [-0.25, -0.2) is 0 Å². The first-order valence-electron chi connectivity index (χ1n) is 9.70. The number of carbonyl (C=O) groups excluding carboxylic acids is 1. The van der Waals surface area contributed by atoms with Gasteiger partial charge >= 0.3 is 0 Å². The smallest absolute Gasteiger partial charge is 0.255 e. The number of thiocarbonyl (C=S) groups is 1. The number of fused-ring (bicyclic) bond motifs is 1. The van der Waals surface area contributed by atoms with Gasteiger partial charge in [0.2, 0.25) is 0 Å². The van der Waals surface area contributed by atoms with Gasteiger partial charge in [0.05, 0.1) is 18.7 Å². The molecule has 30 heavy (non-hydrogen) atoms. The molecule has 0 bridgehead atoms. The van der Waals surface area contributed by atoms with Gasteiger partial charge in [-0.15, -0.1) is 0 Å². The van der Waals surface area contributed by atoms with Crippen LogP contribution in [0.2, 0.25) is 0 Å². The third-order valence-electron chi connectivity index (χ3n) is 5.35. The van der Waals surface area contributed by atoms with Gasteiger partial charge in [0.15, 0.2) is 5.11 Å². The Hall–Kier alpha value is -3.38. The molecule has 1 heterocycles. The summed E-state index contributed by atoms with van der Waals surface area (Å²) in [6, 6.07) is 19.2. The van der Waals surface area contributed by atoms with Crippen LogP contribution in [-0.4, -0.2) is 18.1 Å². The number of rotatable bonds is 4. The highest BCUT2D eigenvalue weighted by Gasteiger charge is 2.33. The molecule has 3 aromatic rings. The van der Waals surface area contributed by atoms with Crippen molar-refractivity contribution in [2.75, 3.05) is 12.4 Å². The first-order valence-corrected chi connectivity index (χ1v) is 10.1. The summed E-state index contributed by atoms with van der Waals surface area (Å²) in [5.41, 5.74) is 3.94. The van der Waals surface area contributed by atoms with Gasteiger partial charge < -0.3 is 20.7 Å². The SMILES string of the molecule is COc1ccc2ccccc2c1[C@@H]1NC(=S)NC(C)=C1C(=O)Nc1ccccc1C. The maximum absolute atomic E-state index is 13.4. The van der Waals surface area contributed by atoms with Crippen LogP contribution in [0.3, 0.4) is 0 Å². The summed E-state index contributed by atoms with van der Waals surface area (Å²) in [6.45, 7) is 3.83. The molecule has 0 fully saturated rings. The van der Waals surface area contributed by atoms with Crippen LogP contribution in [-0.2, 0) is 4.79 Å². The largest absolute Gasteiger partial charge is 0.496 e. The second-order valence-electron chi connectivity index (χ2n) is 7.24. The maximum atomic E-state index is 13.4. The third kappa shape index (κ3) is 3.62. The number of para-hydroxylation sites is 1. The Kier molecular flexibility index (Phi) is 5.42. The Morgan fingerprint density at radius 2 is 1.77 bits per heavy atom. The van der Waals surface area contributed by atoms with Gasteiger partial charge in [0, 0.05) is 16.9 Å². The van der Waals surface area contributed by atoms with Gasteiger partial charge in [0.1, 0.15) is 5.75 Å². The van der Waals surface area contributed by atoms with Crippen molar-refractivity contribution in [2.24, 2.45) is 0 Å². The van der Waals surface area contributed by atoms with E-state index in [2.05, 4.69) is 16.0 Å². The third-order valence-corrected chi connectivity index (χ3v) is 5.57. The van der Waals surface area contributed by atoms with Crippen LogP contribution in [0.4, 0.5) is 5.69 Å². The molecule has 6 heteroatoms. The molecular weight excluding hydrogens is 394 g/mol. The second-order valence-corrected chi connectivity index (χ2v) is 7.65. The van der Waals surface area contributed by atoms with Crippen molar-refractivity contribution in [2.45, 2.75) is 19.9 Å². The molecule has 1 aliphatic heterocycles. The Morgan fingerprint density at radius 3 is 2.53 bits per heavy atom. The fraction of sp³-hybridized carbons (Fsp3) is 0.167. The molecule has 3 aromatic carbocycles. The zero-order valence-electron chi connectivity index (χ0n) is 17.1. The number of carbonyl (C=O) groups is 1. The van der Waals surface area contributed by atoms with Crippen LogP contribution in [0.15, 0.2) is 71.9 Å². The van der Waals surface area contributed by atoms with Gasteiger partial charge in [-0.2, -0.15) is 0 Å². The quantitative estimate of drug-likeness (QED) is 0.542. The number of hydrogen-bond acceptors (Lipinski definition) is 3. The Bertz CT molecular complexity index is 1190. The number of anilines is 1. The first kappa shape index (κ1) is 19.9. The minimum absolute atomic E-state index is 0.190. The predicted molar refractivity (Wildman–Crippen MR) is 125 cm³/mol. The van der Waals surface area contributed by atoms with Crippen LogP contribution in [0.1, 0.15) is 24.1 Å². The molecular formula is C24H23N3O2S. The van der Waals surface area contributed by atoms with Gasteiger partial charge in [-0.05, 0) is 54.5 Å². The normalized spacial score (nSPS) is 16.1. The van der Waals surface area contributed by atoms with E-state index in [1.54, 1.807) is 7.11 Å². The maximum Gasteiger partial charge on any atom is 0.255 e. The van der Waals surface area contributed by atoms with E-state index in [0.717, 1.165) is 27.6 Å².